The Bertz CT molecular complexity index is 605. The van der Waals surface area contributed by atoms with E-state index >= 15 is 0 Å². The van der Waals surface area contributed by atoms with Crippen molar-refractivity contribution >= 4 is 39.1 Å². The molecule has 0 atom stereocenters. The minimum Gasteiger partial charge on any atom is -0.322 e. The minimum atomic E-state index is -0.492. The van der Waals surface area contributed by atoms with Crippen LogP contribution in [0.2, 0.25) is 5.02 Å². The number of nitrogens with one attached hydrogen (secondary N) is 1. The largest absolute Gasteiger partial charge is 0.322 e. The summed E-state index contributed by atoms with van der Waals surface area (Å²) in [5, 5.41) is 2.85. The molecular formula is C14H10BrClFNO. The van der Waals surface area contributed by atoms with Crippen LogP contribution in [-0.2, 0) is 0 Å². The minimum absolute atomic E-state index is 0.237. The van der Waals surface area contributed by atoms with Gasteiger partial charge in [0, 0.05) is 20.7 Å². The molecule has 0 aliphatic rings. The van der Waals surface area contributed by atoms with Gasteiger partial charge in [-0.05, 0) is 48.9 Å². The first-order chi connectivity index (χ1) is 8.94. The van der Waals surface area contributed by atoms with E-state index in [0.717, 1.165) is 10.0 Å². The zero-order chi connectivity index (χ0) is 14.0. The number of rotatable bonds is 2. The van der Waals surface area contributed by atoms with Crippen molar-refractivity contribution in [3.63, 3.8) is 0 Å². The Morgan fingerprint density at radius 2 is 1.95 bits per heavy atom. The highest BCUT2D eigenvalue weighted by atomic mass is 79.9. The van der Waals surface area contributed by atoms with E-state index in [1.54, 1.807) is 12.1 Å². The molecule has 0 heterocycles. The molecule has 0 saturated heterocycles. The zero-order valence-corrected chi connectivity index (χ0v) is 12.3. The summed E-state index contributed by atoms with van der Waals surface area (Å²) in [7, 11) is 0. The topological polar surface area (TPSA) is 29.1 Å². The lowest BCUT2D eigenvalue weighted by molar-refractivity contribution is 0.102. The molecule has 5 heteroatoms. The van der Waals surface area contributed by atoms with Gasteiger partial charge < -0.3 is 5.32 Å². The highest BCUT2D eigenvalue weighted by Crippen LogP contribution is 2.20. The van der Waals surface area contributed by atoms with Crippen LogP contribution in [0.1, 0.15) is 15.9 Å². The van der Waals surface area contributed by atoms with E-state index < -0.39 is 5.82 Å². The summed E-state index contributed by atoms with van der Waals surface area (Å²) in [6.07, 6.45) is 0. The van der Waals surface area contributed by atoms with Crippen LogP contribution >= 0.6 is 27.5 Å². The second-order valence-corrected chi connectivity index (χ2v) is 5.48. The molecule has 0 saturated carbocycles. The summed E-state index contributed by atoms with van der Waals surface area (Å²) < 4.78 is 14.0. The van der Waals surface area contributed by atoms with Crippen molar-refractivity contribution in [2.75, 3.05) is 5.32 Å². The first-order valence-corrected chi connectivity index (χ1v) is 6.66. The van der Waals surface area contributed by atoms with Gasteiger partial charge in [-0.25, -0.2) is 4.39 Å². The van der Waals surface area contributed by atoms with Crippen molar-refractivity contribution in [1.29, 1.82) is 0 Å². The van der Waals surface area contributed by atoms with Crippen molar-refractivity contribution in [1.82, 2.24) is 0 Å². The lowest BCUT2D eigenvalue weighted by Crippen LogP contribution is -2.12. The van der Waals surface area contributed by atoms with Crippen LogP contribution in [0, 0.1) is 12.7 Å². The molecule has 0 unspecified atom stereocenters. The van der Waals surface area contributed by atoms with Gasteiger partial charge in [0.1, 0.15) is 5.82 Å². The molecule has 19 heavy (non-hydrogen) atoms. The Labute approximate surface area is 123 Å². The van der Waals surface area contributed by atoms with Gasteiger partial charge in [0.05, 0.1) is 0 Å². The summed E-state index contributed by atoms with van der Waals surface area (Å²) >= 11 is 9.06. The highest BCUT2D eigenvalue weighted by Gasteiger charge is 2.09. The molecule has 0 radical (unpaired) electrons. The summed E-state index contributed by atoms with van der Waals surface area (Å²) in [6, 6.07) is 9.24. The maximum atomic E-state index is 13.2. The van der Waals surface area contributed by atoms with Crippen LogP contribution in [0.4, 0.5) is 10.1 Å². The van der Waals surface area contributed by atoms with Gasteiger partial charge in [-0.1, -0.05) is 27.5 Å². The van der Waals surface area contributed by atoms with Gasteiger partial charge in [0.25, 0.3) is 5.91 Å². The highest BCUT2D eigenvalue weighted by molar-refractivity contribution is 9.10. The van der Waals surface area contributed by atoms with E-state index in [9.17, 15) is 9.18 Å². The Morgan fingerprint density at radius 1 is 1.21 bits per heavy atom. The van der Waals surface area contributed by atoms with Crippen LogP contribution in [-0.4, -0.2) is 5.91 Å². The molecule has 2 nitrogen and oxygen atoms in total. The Kier molecular flexibility index (Phi) is 4.22. The number of benzene rings is 2. The van der Waals surface area contributed by atoms with E-state index in [4.69, 9.17) is 11.6 Å². The monoisotopic (exact) mass is 341 g/mol. The molecule has 0 aliphatic carbocycles. The zero-order valence-electron chi connectivity index (χ0n) is 10.0. The molecule has 0 spiro atoms. The van der Waals surface area contributed by atoms with Crippen LogP contribution in [0.15, 0.2) is 40.9 Å². The number of aryl methyl sites for hydroxylation is 1. The lowest BCUT2D eigenvalue weighted by Gasteiger charge is -2.07. The summed E-state index contributed by atoms with van der Waals surface area (Å²) in [4.78, 5) is 12.0. The number of hydrogen-bond donors (Lipinski definition) is 1. The van der Waals surface area contributed by atoms with Crippen molar-refractivity contribution in [3.05, 3.63) is 62.8 Å². The molecule has 98 valence electrons. The first kappa shape index (κ1) is 14.0. The van der Waals surface area contributed by atoms with E-state index in [0.29, 0.717) is 11.3 Å². The number of carbonyl (C=O) groups excluding carboxylic acids is 1. The molecule has 0 bridgehead atoms. The smallest absolute Gasteiger partial charge is 0.255 e. The van der Waals surface area contributed by atoms with Crippen LogP contribution in [0.25, 0.3) is 0 Å². The third-order valence-electron chi connectivity index (χ3n) is 2.42. The molecule has 0 aromatic heterocycles. The Hall–Kier alpha value is -1.39. The van der Waals surface area contributed by atoms with Gasteiger partial charge in [-0.15, -0.1) is 0 Å². The predicted octanol–water partition coefficient (Wildman–Crippen LogP) is 4.80. The van der Waals surface area contributed by atoms with E-state index in [-0.39, 0.29) is 10.9 Å². The standard InChI is InChI=1S/C14H10BrClFNO/c1-8-2-9(4-10(15)3-8)14(19)18-13-6-11(16)5-12(17)7-13/h2-7H,1H3,(H,18,19). The van der Waals surface area contributed by atoms with Crippen LogP contribution in [0.5, 0.6) is 0 Å². The summed E-state index contributed by atoms with van der Waals surface area (Å²) in [5.74, 6) is -0.806. The molecule has 2 rings (SSSR count). The Morgan fingerprint density at radius 3 is 2.58 bits per heavy atom. The lowest BCUT2D eigenvalue weighted by atomic mass is 10.1. The van der Waals surface area contributed by atoms with Crippen molar-refractivity contribution in [2.45, 2.75) is 6.92 Å². The Balaban J connectivity index is 2.25. The van der Waals surface area contributed by atoms with Gasteiger partial charge in [0.2, 0.25) is 0 Å². The number of amides is 1. The summed E-state index contributed by atoms with van der Waals surface area (Å²) in [5.41, 5.74) is 1.77. The second kappa shape index (κ2) is 5.72. The SMILES string of the molecule is Cc1cc(Br)cc(C(=O)Nc2cc(F)cc(Cl)c2)c1. The number of hydrogen-bond acceptors (Lipinski definition) is 1. The van der Waals surface area contributed by atoms with Crippen LogP contribution < -0.4 is 5.32 Å². The molecule has 2 aromatic rings. The average Bonchev–Trinajstić information content (AvgIpc) is 2.25. The second-order valence-electron chi connectivity index (χ2n) is 4.13. The average molecular weight is 343 g/mol. The number of carbonyl (C=O) groups is 1. The molecule has 1 amide bonds. The maximum Gasteiger partial charge on any atom is 0.255 e. The quantitative estimate of drug-likeness (QED) is 0.834. The third-order valence-corrected chi connectivity index (χ3v) is 3.10. The molecule has 0 fully saturated rings. The normalized spacial score (nSPS) is 10.3. The molecular weight excluding hydrogens is 333 g/mol. The first-order valence-electron chi connectivity index (χ1n) is 5.49. The molecule has 1 N–H and O–H groups in total. The van der Waals surface area contributed by atoms with E-state index in [2.05, 4.69) is 21.2 Å². The fourth-order valence-electron chi connectivity index (χ4n) is 1.70. The molecule has 2 aromatic carbocycles. The van der Waals surface area contributed by atoms with Crippen LogP contribution in [0.3, 0.4) is 0 Å². The van der Waals surface area contributed by atoms with E-state index in [1.165, 1.54) is 18.2 Å². The fraction of sp³-hybridized carbons (Fsp3) is 0.0714. The fourth-order valence-corrected chi connectivity index (χ4v) is 2.53. The van der Waals surface area contributed by atoms with Gasteiger partial charge in [0.15, 0.2) is 0 Å². The van der Waals surface area contributed by atoms with Crippen molar-refractivity contribution < 1.29 is 9.18 Å². The van der Waals surface area contributed by atoms with Gasteiger partial charge in [-0.2, -0.15) is 0 Å². The molecule has 0 aliphatic heterocycles. The van der Waals surface area contributed by atoms with Crippen molar-refractivity contribution in [2.24, 2.45) is 0 Å². The number of halogens is 3. The summed E-state index contributed by atoms with van der Waals surface area (Å²) in [6.45, 7) is 1.89. The number of anilines is 1. The van der Waals surface area contributed by atoms with Crippen molar-refractivity contribution in [3.8, 4) is 0 Å². The van der Waals surface area contributed by atoms with Gasteiger partial charge in [-0.3, -0.25) is 4.79 Å². The van der Waals surface area contributed by atoms with E-state index in [1.807, 2.05) is 13.0 Å². The third kappa shape index (κ3) is 3.78. The van der Waals surface area contributed by atoms with Gasteiger partial charge >= 0.3 is 0 Å². The maximum absolute atomic E-state index is 13.2. The predicted molar refractivity (Wildman–Crippen MR) is 78.2 cm³/mol.